The standard InChI is InChI=1S/C18H26/c1-7-10-12-14-16(9-3)17(18(4,5)6)15-13-11-8-2/h3,16-17H,7-8,10-11H2,1-2,4-6H3. The van der Waals surface area contributed by atoms with E-state index in [1.165, 1.54) is 0 Å². The molecule has 0 fully saturated rings. The highest BCUT2D eigenvalue weighted by atomic mass is 14.3. The maximum atomic E-state index is 5.64. The topological polar surface area (TPSA) is 0 Å². The molecular formula is C18H26. The van der Waals surface area contributed by atoms with Gasteiger partial charge in [-0.25, -0.2) is 0 Å². The van der Waals surface area contributed by atoms with Gasteiger partial charge in [0.05, 0.1) is 5.92 Å². The minimum atomic E-state index is -0.0547. The van der Waals surface area contributed by atoms with Crippen molar-refractivity contribution < 1.29 is 0 Å². The van der Waals surface area contributed by atoms with Crippen LogP contribution >= 0.6 is 0 Å². The molecule has 0 aromatic carbocycles. The summed E-state index contributed by atoms with van der Waals surface area (Å²) in [6.45, 7) is 10.8. The van der Waals surface area contributed by atoms with Crippen molar-refractivity contribution in [3.8, 4) is 36.0 Å². The largest absolute Gasteiger partial charge is 0.119 e. The maximum Gasteiger partial charge on any atom is 0.0950 e. The van der Waals surface area contributed by atoms with E-state index in [1.54, 1.807) is 0 Å². The van der Waals surface area contributed by atoms with Gasteiger partial charge < -0.3 is 0 Å². The van der Waals surface area contributed by atoms with Crippen LogP contribution in [0.15, 0.2) is 0 Å². The van der Waals surface area contributed by atoms with Gasteiger partial charge in [-0.2, -0.15) is 0 Å². The average Bonchev–Trinajstić information content (AvgIpc) is 2.30. The summed E-state index contributed by atoms with van der Waals surface area (Å²) in [5.74, 6) is 15.9. The van der Waals surface area contributed by atoms with Crippen LogP contribution in [-0.4, -0.2) is 0 Å². The average molecular weight is 242 g/mol. The number of terminal acetylenes is 1. The first-order chi connectivity index (χ1) is 8.47. The van der Waals surface area contributed by atoms with Crippen LogP contribution in [0, 0.1) is 53.3 Å². The van der Waals surface area contributed by atoms with Crippen LogP contribution in [0.4, 0.5) is 0 Å². The van der Waals surface area contributed by atoms with Gasteiger partial charge in [0.2, 0.25) is 0 Å². The minimum Gasteiger partial charge on any atom is -0.119 e. The summed E-state index contributed by atoms with van der Waals surface area (Å²) in [5.41, 5.74) is 0.0681. The van der Waals surface area contributed by atoms with Crippen molar-refractivity contribution >= 4 is 0 Å². The third-order valence-electron chi connectivity index (χ3n) is 2.71. The van der Waals surface area contributed by atoms with Gasteiger partial charge in [-0.1, -0.05) is 52.4 Å². The molecule has 0 spiro atoms. The Bertz CT molecular complexity index is 378. The van der Waals surface area contributed by atoms with Gasteiger partial charge in [-0.15, -0.1) is 18.3 Å². The molecule has 98 valence electrons. The van der Waals surface area contributed by atoms with Crippen molar-refractivity contribution in [2.45, 2.75) is 60.3 Å². The molecule has 18 heavy (non-hydrogen) atoms. The lowest BCUT2D eigenvalue weighted by atomic mass is 9.74. The molecule has 0 aromatic rings. The van der Waals surface area contributed by atoms with E-state index < -0.39 is 0 Å². The van der Waals surface area contributed by atoms with Gasteiger partial charge in [0.25, 0.3) is 0 Å². The first kappa shape index (κ1) is 16.7. The van der Waals surface area contributed by atoms with Crippen LogP contribution in [0.1, 0.15) is 60.3 Å². The third-order valence-corrected chi connectivity index (χ3v) is 2.71. The van der Waals surface area contributed by atoms with Gasteiger partial charge in [-0.3, -0.25) is 0 Å². The van der Waals surface area contributed by atoms with Crippen molar-refractivity contribution in [3.05, 3.63) is 0 Å². The summed E-state index contributed by atoms with van der Waals surface area (Å²) in [6.07, 6.45) is 9.65. The Morgan fingerprint density at radius 3 is 1.83 bits per heavy atom. The van der Waals surface area contributed by atoms with Crippen molar-refractivity contribution in [2.24, 2.45) is 17.3 Å². The quantitative estimate of drug-likeness (QED) is 0.639. The molecule has 0 heteroatoms. The van der Waals surface area contributed by atoms with E-state index in [1.807, 2.05) is 0 Å². The highest BCUT2D eigenvalue weighted by Crippen LogP contribution is 2.31. The Balaban J connectivity index is 5.03. The first-order valence-electron chi connectivity index (χ1n) is 6.90. The number of hydrogen-bond acceptors (Lipinski definition) is 0. The van der Waals surface area contributed by atoms with Gasteiger partial charge in [-0.05, 0) is 18.3 Å². The zero-order valence-corrected chi connectivity index (χ0v) is 12.6. The highest BCUT2D eigenvalue weighted by Gasteiger charge is 2.28. The van der Waals surface area contributed by atoms with Gasteiger partial charge in [0.1, 0.15) is 0 Å². The van der Waals surface area contributed by atoms with Crippen molar-refractivity contribution in [1.82, 2.24) is 0 Å². The molecule has 0 N–H and O–H groups in total. The van der Waals surface area contributed by atoms with E-state index in [2.05, 4.69) is 64.2 Å². The van der Waals surface area contributed by atoms with Crippen molar-refractivity contribution in [2.75, 3.05) is 0 Å². The zero-order valence-electron chi connectivity index (χ0n) is 12.6. The smallest absolute Gasteiger partial charge is 0.0950 e. The zero-order chi connectivity index (χ0) is 14.0. The molecule has 0 bridgehead atoms. The monoisotopic (exact) mass is 242 g/mol. The Labute approximate surface area is 114 Å². The fourth-order valence-electron chi connectivity index (χ4n) is 1.64. The Morgan fingerprint density at radius 1 is 0.944 bits per heavy atom. The Kier molecular flexibility index (Phi) is 8.08. The van der Waals surface area contributed by atoms with E-state index in [4.69, 9.17) is 6.42 Å². The first-order valence-corrected chi connectivity index (χ1v) is 6.90. The van der Waals surface area contributed by atoms with Crippen LogP contribution in [0.25, 0.3) is 0 Å². The molecule has 0 aliphatic carbocycles. The number of rotatable bonds is 3. The summed E-state index contributed by atoms with van der Waals surface area (Å²) < 4.78 is 0. The molecule has 0 amide bonds. The van der Waals surface area contributed by atoms with Crippen LogP contribution < -0.4 is 0 Å². The lowest BCUT2D eigenvalue weighted by molar-refractivity contribution is 0.279. The van der Waals surface area contributed by atoms with Crippen LogP contribution in [-0.2, 0) is 0 Å². The third kappa shape index (κ3) is 6.42. The fourth-order valence-corrected chi connectivity index (χ4v) is 1.64. The minimum absolute atomic E-state index is 0.0547. The molecule has 0 aliphatic rings. The van der Waals surface area contributed by atoms with E-state index in [9.17, 15) is 0 Å². The normalized spacial score (nSPS) is 13.3. The second-order valence-electron chi connectivity index (χ2n) is 5.63. The summed E-state index contributed by atoms with van der Waals surface area (Å²) in [4.78, 5) is 0. The van der Waals surface area contributed by atoms with Crippen molar-refractivity contribution in [1.29, 1.82) is 0 Å². The maximum absolute atomic E-state index is 5.64. The molecule has 0 nitrogen and oxygen atoms in total. The van der Waals surface area contributed by atoms with Crippen LogP contribution in [0.2, 0.25) is 0 Å². The molecule has 2 unspecified atom stereocenters. The molecule has 0 heterocycles. The lowest BCUT2D eigenvalue weighted by Gasteiger charge is -2.28. The van der Waals surface area contributed by atoms with Crippen molar-refractivity contribution in [3.63, 3.8) is 0 Å². The molecule has 0 radical (unpaired) electrons. The molecule has 0 aromatic heterocycles. The van der Waals surface area contributed by atoms with Gasteiger partial charge >= 0.3 is 0 Å². The fraction of sp³-hybridized carbons (Fsp3) is 0.667. The molecule has 0 saturated carbocycles. The summed E-state index contributed by atoms with van der Waals surface area (Å²) >= 11 is 0. The van der Waals surface area contributed by atoms with Gasteiger partial charge in [0.15, 0.2) is 0 Å². The van der Waals surface area contributed by atoms with E-state index >= 15 is 0 Å². The predicted octanol–water partition coefficient (Wildman–Crippen LogP) is 4.51. The molecule has 0 aliphatic heterocycles. The summed E-state index contributed by atoms with van der Waals surface area (Å²) in [5, 5.41) is 0. The molecule has 2 atom stereocenters. The van der Waals surface area contributed by atoms with Gasteiger partial charge in [0, 0.05) is 18.8 Å². The summed E-state index contributed by atoms with van der Waals surface area (Å²) in [7, 11) is 0. The van der Waals surface area contributed by atoms with E-state index in [-0.39, 0.29) is 17.3 Å². The van der Waals surface area contributed by atoms with Crippen LogP contribution in [0.3, 0.4) is 0 Å². The van der Waals surface area contributed by atoms with E-state index in [0.717, 1.165) is 25.7 Å². The second-order valence-corrected chi connectivity index (χ2v) is 5.63. The number of hydrogen-bond donors (Lipinski definition) is 0. The molecule has 0 rings (SSSR count). The summed E-state index contributed by atoms with van der Waals surface area (Å²) in [6, 6.07) is 0. The lowest BCUT2D eigenvalue weighted by Crippen LogP contribution is -2.25. The molecule has 0 saturated heterocycles. The number of unbranched alkanes of at least 4 members (excludes halogenated alkanes) is 2. The highest BCUT2D eigenvalue weighted by molar-refractivity contribution is 5.24. The Hall–Kier alpha value is -1.32. The van der Waals surface area contributed by atoms with Crippen LogP contribution in [0.5, 0.6) is 0 Å². The second kappa shape index (κ2) is 8.72. The Morgan fingerprint density at radius 2 is 1.44 bits per heavy atom. The van der Waals surface area contributed by atoms with E-state index in [0.29, 0.717) is 0 Å². The SMILES string of the molecule is C#CC(C#CCCC)C(C#CCCC)C(C)(C)C. The molecular weight excluding hydrogens is 216 g/mol. The predicted molar refractivity (Wildman–Crippen MR) is 80.6 cm³/mol.